The molecule has 1 aromatic heterocycles. The molecule has 0 spiro atoms. The summed E-state index contributed by atoms with van der Waals surface area (Å²) in [4.78, 5) is 11.7. The highest BCUT2D eigenvalue weighted by atomic mass is 79.9. The van der Waals surface area contributed by atoms with Crippen molar-refractivity contribution >= 4 is 32.7 Å². The van der Waals surface area contributed by atoms with Crippen LogP contribution in [0.3, 0.4) is 0 Å². The fourth-order valence-electron chi connectivity index (χ4n) is 1.94. The van der Waals surface area contributed by atoms with Crippen LogP contribution in [0.2, 0.25) is 0 Å². The molecule has 18 heavy (non-hydrogen) atoms. The van der Waals surface area contributed by atoms with Gasteiger partial charge in [0.25, 0.3) is 0 Å². The SMILES string of the molecule is C#CCNC(=O)Cn1c(C)c(Br)c2ccccc21. The van der Waals surface area contributed by atoms with Gasteiger partial charge < -0.3 is 9.88 Å². The molecule has 0 saturated carbocycles. The van der Waals surface area contributed by atoms with E-state index in [0.717, 1.165) is 21.1 Å². The highest BCUT2D eigenvalue weighted by Crippen LogP contribution is 2.30. The maximum Gasteiger partial charge on any atom is 0.240 e. The molecular formula is C14H13BrN2O. The number of nitrogens with one attached hydrogen (secondary N) is 1. The third-order valence-corrected chi connectivity index (χ3v) is 3.84. The van der Waals surface area contributed by atoms with E-state index in [1.165, 1.54) is 0 Å². The number of carbonyl (C=O) groups excluding carboxylic acids is 1. The van der Waals surface area contributed by atoms with Gasteiger partial charge in [-0.2, -0.15) is 0 Å². The number of terminal acetylenes is 1. The van der Waals surface area contributed by atoms with Gasteiger partial charge >= 0.3 is 0 Å². The van der Waals surface area contributed by atoms with E-state index in [2.05, 4.69) is 27.2 Å². The topological polar surface area (TPSA) is 34.0 Å². The molecule has 0 unspecified atom stereocenters. The lowest BCUT2D eigenvalue weighted by atomic mass is 10.2. The Morgan fingerprint density at radius 2 is 2.22 bits per heavy atom. The summed E-state index contributed by atoms with van der Waals surface area (Å²) in [6.45, 7) is 2.52. The number of aromatic nitrogens is 1. The third-order valence-electron chi connectivity index (χ3n) is 2.84. The van der Waals surface area contributed by atoms with Crippen molar-refractivity contribution in [2.45, 2.75) is 13.5 Å². The monoisotopic (exact) mass is 304 g/mol. The van der Waals surface area contributed by atoms with Gasteiger partial charge in [0.1, 0.15) is 6.54 Å². The molecule has 0 radical (unpaired) electrons. The molecule has 0 aliphatic heterocycles. The second kappa shape index (κ2) is 5.28. The van der Waals surface area contributed by atoms with Crippen LogP contribution in [0.25, 0.3) is 10.9 Å². The summed E-state index contributed by atoms with van der Waals surface area (Å²) in [6, 6.07) is 7.98. The Hall–Kier alpha value is -1.73. The van der Waals surface area contributed by atoms with Crippen LogP contribution in [0.15, 0.2) is 28.7 Å². The Bertz CT molecular complexity index is 637. The molecule has 0 aliphatic rings. The molecule has 92 valence electrons. The Morgan fingerprint density at radius 1 is 1.50 bits per heavy atom. The minimum absolute atomic E-state index is 0.0793. The summed E-state index contributed by atoms with van der Waals surface area (Å²) in [5, 5.41) is 3.78. The molecule has 4 heteroatoms. The number of carbonyl (C=O) groups is 1. The van der Waals surface area contributed by atoms with Crippen molar-refractivity contribution in [1.82, 2.24) is 9.88 Å². The van der Waals surface area contributed by atoms with Gasteiger partial charge in [-0.05, 0) is 28.9 Å². The van der Waals surface area contributed by atoms with Crippen molar-refractivity contribution < 1.29 is 4.79 Å². The molecule has 0 bridgehead atoms. The van der Waals surface area contributed by atoms with Crippen LogP contribution in [0.4, 0.5) is 0 Å². The second-order valence-electron chi connectivity index (χ2n) is 3.98. The summed E-state index contributed by atoms with van der Waals surface area (Å²) >= 11 is 3.56. The number of hydrogen-bond acceptors (Lipinski definition) is 1. The molecule has 2 aromatic rings. The molecule has 1 N–H and O–H groups in total. The smallest absolute Gasteiger partial charge is 0.240 e. The molecule has 1 heterocycles. The van der Waals surface area contributed by atoms with Gasteiger partial charge in [-0.1, -0.05) is 24.1 Å². The number of fused-ring (bicyclic) bond motifs is 1. The fourth-order valence-corrected chi connectivity index (χ4v) is 2.49. The van der Waals surface area contributed by atoms with Gasteiger partial charge in [-0.3, -0.25) is 4.79 Å². The Balaban J connectivity index is 2.36. The van der Waals surface area contributed by atoms with Gasteiger partial charge in [-0.25, -0.2) is 0 Å². The number of hydrogen-bond donors (Lipinski definition) is 1. The lowest BCUT2D eigenvalue weighted by Crippen LogP contribution is -2.28. The van der Waals surface area contributed by atoms with Crippen LogP contribution in [-0.4, -0.2) is 17.0 Å². The molecule has 2 rings (SSSR count). The van der Waals surface area contributed by atoms with Gasteiger partial charge in [0.2, 0.25) is 5.91 Å². The normalized spacial score (nSPS) is 10.3. The molecule has 0 saturated heterocycles. The number of benzene rings is 1. The van der Waals surface area contributed by atoms with E-state index in [1.807, 2.05) is 35.8 Å². The number of rotatable bonds is 3. The minimum Gasteiger partial charge on any atom is -0.344 e. The first-order valence-corrected chi connectivity index (χ1v) is 6.38. The van der Waals surface area contributed by atoms with Crippen molar-refractivity contribution in [2.24, 2.45) is 0 Å². The van der Waals surface area contributed by atoms with E-state index in [1.54, 1.807) is 0 Å². The first-order valence-electron chi connectivity index (χ1n) is 5.58. The standard InChI is InChI=1S/C14H13BrN2O/c1-3-8-16-13(18)9-17-10(2)14(15)11-6-4-5-7-12(11)17/h1,4-7H,8-9H2,2H3,(H,16,18). The first-order chi connectivity index (χ1) is 8.65. The van der Waals surface area contributed by atoms with Gasteiger partial charge in [0.05, 0.1) is 6.54 Å². The predicted molar refractivity (Wildman–Crippen MR) is 76.2 cm³/mol. The van der Waals surface area contributed by atoms with E-state index in [0.29, 0.717) is 0 Å². The third kappa shape index (κ3) is 2.27. The van der Waals surface area contributed by atoms with Crippen LogP contribution in [0.1, 0.15) is 5.69 Å². The van der Waals surface area contributed by atoms with E-state index < -0.39 is 0 Å². The average molecular weight is 305 g/mol. The molecule has 3 nitrogen and oxygen atoms in total. The molecule has 0 aliphatic carbocycles. The highest BCUT2D eigenvalue weighted by Gasteiger charge is 2.13. The average Bonchev–Trinajstić information content (AvgIpc) is 2.62. The highest BCUT2D eigenvalue weighted by molar-refractivity contribution is 9.10. The molecular weight excluding hydrogens is 292 g/mol. The first kappa shape index (κ1) is 12.7. The Morgan fingerprint density at radius 3 is 2.94 bits per heavy atom. The molecule has 1 amide bonds. The van der Waals surface area contributed by atoms with Crippen molar-refractivity contribution in [2.75, 3.05) is 6.54 Å². The fraction of sp³-hybridized carbons (Fsp3) is 0.214. The van der Waals surface area contributed by atoms with E-state index in [4.69, 9.17) is 6.42 Å². The van der Waals surface area contributed by atoms with Gasteiger partial charge in [-0.15, -0.1) is 6.42 Å². The van der Waals surface area contributed by atoms with Crippen molar-refractivity contribution in [3.8, 4) is 12.3 Å². The summed E-state index contributed by atoms with van der Waals surface area (Å²) in [5.41, 5.74) is 2.07. The second-order valence-corrected chi connectivity index (χ2v) is 4.78. The predicted octanol–water partition coefficient (Wildman–Crippen LogP) is 2.46. The molecule has 0 fully saturated rings. The lowest BCUT2D eigenvalue weighted by Gasteiger charge is -2.07. The zero-order valence-corrected chi connectivity index (χ0v) is 11.6. The van der Waals surface area contributed by atoms with Crippen molar-refractivity contribution in [1.29, 1.82) is 0 Å². The zero-order chi connectivity index (χ0) is 13.1. The van der Waals surface area contributed by atoms with E-state index >= 15 is 0 Å². The summed E-state index contributed by atoms with van der Waals surface area (Å²) in [7, 11) is 0. The van der Waals surface area contributed by atoms with Crippen LogP contribution in [0, 0.1) is 19.3 Å². The quantitative estimate of drug-likeness (QED) is 0.869. The maximum absolute atomic E-state index is 11.7. The number of nitrogens with zero attached hydrogens (tertiary/aromatic N) is 1. The summed E-state index contributed by atoms with van der Waals surface area (Å²) in [5.74, 6) is 2.31. The lowest BCUT2D eigenvalue weighted by molar-refractivity contribution is -0.121. The van der Waals surface area contributed by atoms with Gasteiger partial charge in [0.15, 0.2) is 0 Å². The summed E-state index contributed by atoms with van der Waals surface area (Å²) in [6.07, 6.45) is 5.12. The Labute approximate surface area is 114 Å². The van der Waals surface area contributed by atoms with Crippen LogP contribution in [-0.2, 0) is 11.3 Å². The van der Waals surface area contributed by atoms with E-state index in [-0.39, 0.29) is 19.0 Å². The molecule has 1 aromatic carbocycles. The van der Waals surface area contributed by atoms with Crippen molar-refractivity contribution in [3.63, 3.8) is 0 Å². The van der Waals surface area contributed by atoms with Crippen LogP contribution >= 0.6 is 15.9 Å². The maximum atomic E-state index is 11.7. The Kier molecular flexibility index (Phi) is 3.73. The van der Waals surface area contributed by atoms with Crippen molar-refractivity contribution in [3.05, 3.63) is 34.4 Å². The van der Waals surface area contributed by atoms with Crippen LogP contribution < -0.4 is 5.32 Å². The minimum atomic E-state index is -0.0793. The zero-order valence-electron chi connectivity index (χ0n) is 10.0. The van der Waals surface area contributed by atoms with Crippen LogP contribution in [0.5, 0.6) is 0 Å². The number of halogens is 1. The largest absolute Gasteiger partial charge is 0.344 e. The number of para-hydroxylation sites is 1. The van der Waals surface area contributed by atoms with E-state index in [9.17, 15) is 4.79 Å². The van der Waals surface area contributed by atoms with Gasteiger partial charge in [0, 0.05) is 21.1 Å². The molecule has 0 atom stereocenters. The summed E-state index contributed by atoms with van der Waals surface area (Å²) < 4.78 is 3.01. The number of amides is 1.